The van der Waals surface area contributed by atoms with Crippen molar-refractivity contribution in [3.05, 3.63) is 70.9 Å². The molecule has 3 rings (SSSR count). The summed E-state index contributed by atoms with van der Waals surface area (Å²) in [5, 5.41) is 0.437. The number of nitrogens with zero attached hydrogens (tertiary/aromatic N) is 3. The molecule has 0 saturated carbocycles. The molecule has 0 aliphatic carbocycles. The third-order valence-corrected chi connectivity index (χ3v) is 3.88. The first kappa shape index (κ1) is 18.1. The third-order valence-electron chi connectivity index (χ3n) is 3.68. The Hall–Kier alpha value is -2.67. The first-order chi connectivity index (χ1) is 12.4. The Kier molecular flexibility index (Phi) is 5.08. The summed E-state index contributed by atoms with van der Waals surface area (Å²) >= 11 is 6.04. The number of ether oxygens (including phenoxy) is 1. The van der Waals surface area contributed by atoms with E-state index >= 15 is 0 Å². The molecular formula is C18H13ClF3N3O. The van der Waals surface area contributed by atoms with Gasteiger partial charge in [0.15, 0.2) is 0 Å². The number of halogens is 4. The fraction of sp³-hybridized carbons (Fsp3) is 0.167. The van der Waals surface area contributed by atoms with E-state index in [0.717, 1.165) is 11.6 Å². The second-order valence-corrected chi connectivity index (χ2v) is 5.87. The fourth-order valence-corrected chi connectivity index (χ4v) is 2.65. The summed E-state index contributed by atoms with van der Waals surface area (Å²) in [6.45, 7) is 0. The molecule has 0 N–H and O–H groups in total. The molecule has 0 amide bonds. The molecular weight excluding hydrogens is 367 g/mol. The standard InChI is InChI=1S/C18H13ClF3N3O/c1-26-17-14(8-12(19)10-25-17)13-3-2-6-23-15(13)7-11-4-5-16(24-9-11)18(20,21)22/h2-6,8-10H,7H2,1H3. The molecule has 8 heteroatoms. The van der Waals surface area contributed by atoms with Crippen molar-refractivity contribution in [3.8, 4) is 17.0 Å². The van der Waals surface area contributed by atoms with E-state index in [1.54, 1.807) is 18.3 Å². The summed E-state index contributed by atoms with van der Waals surface area (Å²) in [6, 6.07) is 7.64. The van der Waals surface area contributed by atoms with Crippen LogP contribution in [-0.4, -0.2) is 22.1 Å². The zero-order valence-corrected chi connectivity index (χ0v) is 14.3. The van der Waals surface area contributed by atoms with Gasteiger partial charge in [0.05, 0.1) is 17.8 Å². The number of pyridine rings is 3. The number of alkyl halides is 3. The molecule has 3 heterocycles. The normalized spacial score (nSPS) is 11.4. The molecule has 4 nitrogen and oxygen atoms in total. The van der Waals surface area contributed by atoms with E-state index in [-0.39, 0.29) is 0 Å². The summed E-state index contributed by atoms with van der Waals surface area (Å²) in [6.07, 6.45) is 0.126. The maximum Gasteiger partial charge on any atom is 0.433 e. The van der Waals surface area contributed by atoms with Crippen LogP contribution in [-0.2, 0) is 12.6 Å². The monoisotopic (exact) mass is 379 g/mol. The van der Waals surface area contributed by atoms with Crippen LogP contribution >= 0.6 is 11.6 Å². The molecule has 0 fully saturated rings. The molecule has 0 radical (unpaired) electrons. The fourth-order valence-electron chi connectivity index (χ4n) is 2.50. The van der Waals surface area contributed by atoms with Crippen LogP contribution in [0.4, 0.5) is 13.2 Å². The molecule has 0 bridgehead atoms. The zero-order valence-electron chi connectivity index (χ0n) is 13.6. The number of rotatable bonds is 4. The smallest absolute Gasteiger partial charge is 0.433 e. The molecule has 134 valence electrons. The minimum absolute atomic E-state index is 0.303. The van der Waals surface area contributed by atoms with Gasteiger partial charge in [-0.1, -0.05) is 23.7 Å². The van der Waals surface area contributed by atoms with E-state index in [1.165, 1.54) is 25.6 Å². The summed E-state index contributed by atoms with van der Waals surface area (Å²) < 4.78 is 43.2. The highest BCUT2D eigenvalue weighted by molar-refractivity contribution is 6.30. The van der Waals surface area contributed by atoms with Gasteiger partial charge in [-0.15, -0.1) is 0 Å². The lowest BCUT2D eigenvalue weighted by molar-refractivity contribution is -0.141. The number of hydrogen-bond donors (Lipinski definition) is 0. The van der Waals surface area contributed by atoms with E-state index in [9.17, 15) is 13.2 Å². The van der Waals surface area contributed by atoms with E-state index in [0.29, 0.717) is 34.1 Å². The molecule has 0 spiro atoms. The van der Waals surface area contributed by atoms with Gasteiger partial charge in [-0.25, -0.2) is 4.98 Å². The summed E-state index contributed by atoms with van der Waals surface area (Å²) in [5.74, 6) is 0.384. The van der Waals surface area contributed by atoms with Crippen LogP contribution in [0.25, 0.3) is 11.1 Å². The van der Waals surface area contributed by atoms with Gasteiger partial charge in [0.25, 0.3) is 0 Å². The van der Waals surface area contributed by atoms with Crippen LogP contribution < -0.4 is 4.74 Å². The van der Waals surface area contributed by atoms with E-state index in [1.807, 2.05) is 6.07 Å². The molecule has 3 aromatic rings. The van der Waals surface area contributed by atoms with E-state index in [2.05, 4.69) is 15.0 Å². The van der Waals surface area contributed by atoms with Gasteiger partial charge >= 0.3 is 6.18 Å². The van der Waals surface area contributed by atoms with Crippen molar-refractivity contribution in [1.82, 2.24) is 15.0 Å². The summed E-state index contributed by atoms with van der Waals surface area (Å²) in [7, 11) is 1.50. The Morgan fingerprint density at radius 3 is 2.50 bits per heavy atom. The molecule has 0 atom stereocenters. The molecule has 0 saturated heterocycles. The summed E-state index contributed by atoms with van der Waals surface area (Å²) in [5.41, 5.74) is 1.72. The lowest BCUT2D eigenvalue weighted by atomic mass is 10.0. The van der Waals surface area contributed by atoms with Crippen molar-refractivity contribution >= 4 is 11.6 Å². The zero-order chi connectivity index (χ0) is 18.7. The second-order valence-electron chi connectivity index (χ2n) is 5.43. The van der Waals surface area contributed by atoms with Crippen molar-refractivity contribution in [2.45, 2.75) is 12.6 Å². The number of aromatic nitrogens is 3. The van der Waals surface area contributed by atoms with Gasteiger partial charge in [0.2, 0.25) is 5.88 Å². The largest absolute Gasteiger partial charge is 0.481 e. The van der Waals surface area contributed by atoms with E-state index < -0.39 is 11.9 Å². The average molecular weight is 380 g/mol. The van der Waals surface area contributed by atoms with E-state index in [4.69, 9.17) is 16.3 Å². The number of hydrogen-bond acceptors (Lipinski definition) is 4. The number of methoxy groups -OCH3 is 1. The molecule has 3 aromatic heterocycles. The minimum Gasteiger partial charge on any atom is -0.481 e. The van der Waals surface area contributed by atoms with Crippen LogP contribution in [0.2, 0.25) is 5.02 Å². The van der Waals surface area contributed by atoms with Crippen LogP contribution in [0, 0.1) is 0 Å². The van der Waals surface area contributed by atoms with Gasteiger partial charge < -0.3 is 4.74 Å². The van der Waals surface area contributed by atoms with Gasteiger partial charge in [0, 0.05) is 36.1 Å². The topological polar surface area (TPSA) is 47.9 Å². The molecule has 0 aliphatic heterocycles. The maximum atomic E-state index is 12.6. The quantitative estimate of drug-likeness (QED) is 0.652. The van der Waals surface area contributed by atoms with Gasteiger partial charge in [-0.2, -0.15) is 13.2 Å². The highest BCUT2D eigenvalue weighted by Crippen LogP contribution is 2.33. The molecule has 0 aliphatic rings. The van der Waals surface area contributed by atoms with Gasteiger partial charge in [-0.3, -0.25) is 9.97 Å². The van der Waals surface area contributed by atoms with Crippen LogP contribution in [0.3, 0.4) is 0 Å². The van der Waals surface area contributed by atoms with Crippen molar-refractivity contribution in [2.75, 3.05) is 7.11 Å². The Bertz CT molecular complexity index is 914. The van der Waals surface area contributed by atoms with Crippen LogP contribution in [0.5, 0.6) is 5.88 Å². The van der Waals surface area contributed by atoms with Crippen molar-refractivity contribution in [3.63, 3.8) is 0 Å². The van der Waals surface area contributed by atoms with Gasteiger partial charge in [-0.05, 0) is 23.8 Å². The second kappa shape index (κ2) is 7.29. The Labute approximate surface area is 152 Å². The highest BCUT2D eigenvalue weighted by Gasteiger charge is 2.32. The predicted octanol–water partition coefficient (Wildman–Crippen LogP) is 4.81. The first-order valence-electron chi connectivity index (χ1n) is 7.54. The van der Waals surface area contributed by atoms with Gasteiger partial charge in [0.1, 0.15) is 5.69 Å². The highest BCUT2D eigenvalue weighted by atomic mass is 35.5. The maximum absolute atomic E-state index is 12.6. The molecule has 0 aromatic carbocycles. The van der Waals surface area contributed by atoms with Crippen molar-refractivity contribution < 1.29 is 17.9 Å². The molecule has 26 heavy (non-hydrogen) atoms. The lowest BCUT2D eigenvalue weighted by Gasteiger charge is -2.12. The minimum atomic E-state index is -4.46. The third kappa shape index (κ3) is 3.94. The van der Waals surface area contributed by atoms with Crippen LogP contribution in [0.1, 0.15) is 17.0 Å². The lowest BCUT2D eigenvalue weighted by Crippen LogP contribution is -2.08. The summed E-state index contributed by atoms with van der Waals surface area (Å²) in [4.78, 5) is 12.0. The van der Waals surface area contributed by atoms with Crippen molar-refractivity contribution in [1.29, 1.82) is 0 Å². The Balaban J connectivity index is 1.97. The van der Waals surface area contributed by atoms with Crippen molar-refractivity contribution in [2.24, 2.45) is 0 Å². The Morgan fingerprint density at radius 1 is 1.04 bits per heavy atom. The average Bonchev–Trinajstić information content (AvgIpc) is 2.62. The Morgan fingerprint density at radius 2 is 1.85 bits per heavy atom. The SMILES string of the molecule is COc1ncc(Cl)cc1-c1cccnc1Cc1ccc(C(F)(F)F)nc1. The first-order valence-corrected chi connectivity index (χ1v) is 7.92. The predicted molar refractivity (Wildman–Crippen MR) is 91.1 cm³/mol. The van der Waals surface area contributed by atoms with Crippen LogP contribution in [0.15, 0.2) is 48.9 Å². The molecule has 0 unspecified atom stereocenters.